The van der Waals surface area contributed by atoms with E-state index in [0.717, 1.165) is 42.7 Å². The number of ether oxygens (including phenoxy) is 1. The largest absolute Gasteiger partial charge is 0.370 e. The monoisotopic (exact) mass is 592 g/mol. The molecule has 0 radical (unpaired) electrons. The third kappa shape index (κ3) is 4.34. The number of anilines is 1. The van der Waals surface area contributed by atoms with Gasteiger partial charge in [-0.3, -0.25) is 9.20 Å². The van der Waals surface area contributed by atoms with Gasteiger partial charge < -0.3 is 9.64 Å². The number of pyridine rings is 1. The number of piperidine rings is 1. The van der Waals surface area contributed by atoms with E-state index in [-0.39, 0.29) is 21.6 Å². The van der Waals surface area contributed by atoms with Gasteiger partial charge in [-0.15, -0.1) is 10.2 Å². The van der Waals surface area contributed by atoms with Crippen LogP contribution in [-0.2, 0) is 19.6 Å². The molecule has 2 aliphatic heterocycles. The summed E-state index contributed by atoms with van der Waals surface area (Å²) in [5.41, 5.74) is 1.41. The number of nitrogens with one attached hydrogen (secondary N) is 1. The molecule has 14 heteroatoms. The zero-order valence-electron chi connectivity index (χ0n) is 22.2. The second-order valence-corrected chi connectivity index (χ2v) is 14.6. The number of halogens is 2. The molecule has 0 unspecified atom stereocenters. The summed E-state index contributed by atoms with van der Waals surface area (Å²) in [6.07, 6.45) is 2.86. The number of carbonyl (C=O) groups is 1. The predicted octanol–water partition coefficient (Wildman–Crippen LogP) is 4.07. The van der Waals surface area contributed by atoms with Crippen molar-refractivity contribution in [3.8, 4) is 10.7 Å². The molecule has 1 N–H and O–H groups in total. The molecule has 10 nitrogen and oxygen atoms in total. The Balaban J connectivity index is 1.36. The Labute approximate surface area is 234 Å². The number of hydrogen-bond donors (Lipinski definition) is 1. The molecule has 3 aromatic heterocycles. The highest BCUT2D eigenvalue weighted by atomic mass is 32.2. The van der Waals surface area contributed by atoms with Crippen LogP contribution in [0.2, 0.25) is 0 Å². The van der Waals surface area contributed by atoms with Crippen molar-refractivity contribution < 1.29 is 26.7 Å². The van der Waals surface area contributed by atoms with E-state index in [4.69, 9.17) is 9.72 Å². The maximum absolute atomic E-state index is 13.6. The number of sulfonamides is 1. The number of alkyl halides is 2. The molecule has 4 aliphatic rings. The lowest BCUT2D eigenvalue weighted by Gasteiger charge is -2.38. The van der Waals surface area contributed by atoms with Crippen LogP contribution >= 0.6 is 11.3 Å². The Morgan fingerprint density at radius 3 is 2.48 bits per heavy atom. The molecule has 1 spiro atoms. The summed E-state index contributed by atoms with van der Waals surface area (Å²) in [6.45, 7) is 5.11. The van der Waals surface area contributed by atoms with Crippen molar-refractivity contribution in [3.63, 3.8) is 0 Å². The molecule has 4 fully saturated rings. The molecule has 0 bridgehead atoms. The SMILES string of the molecule is C[C@H]1OCC2(CCN(c3cc(S(=O)(=O)NC4(C)CC4)cn4c(-c5nnc(C(F)F)s5)c(C5CC5)nc34)CC2)C1=O. The smallest absolute Gasteiger partial charge is 0.291 e. The van der Waals surface area contributed by atoms with Crippen LogP contribution in [0.3, 0.4) is 0 Å². The third-order valence-corrected chi connectivity index (χ3v) is 11.3. The minimum absolute atomic E-state index is 0.0666. The van der Waals surface area contributed by atoms with Crippen molar-refractivity contribution in [2.24, 2.45) is 5.41 Å². The molecule has 5 heterocycles. The second kappa shape index (κ2) is 8.97. The Morgan fingerprint density at radius 2 is 1.90 bits per heavy atom. The molecule has 2 saturated carbocycles. The van der Waals surface area contributed by atoms with Crippen LogP contribution in [0.1, 0.15) is 75.4 Å². The maximum Gasteiger partial charge on any atom is 0.291 e. The molecule has 1 atom stereocenters. The molecule has 0 amide bonds. The molecule has 0 aromatic carbocycles. The fourth-order valence-corrected chi connectivity index (χ4v) is 8.11. The molecule has 3 aromatic rings. The van der Waals surface area contributed by atoms with Crippen LogP contribution in [0.15, 0.2) is 17.2 Å². The summed E-state index contributed by atoms with van der Waals surface area (Å²) in [6, 6.07) is 1.65. The number of imidazole rings is 1. The lowest BCUT2D eigenvalue weighted by atomic mass is 9.75. The van der Waals surface area contributed by atoms with Crippen LogP contribution < -0.4 is 9.62 Å². The number of rotatable bonds is 7. The van der Waals surface area contributed by atoms with E-state index in [9.17, 15) is 22.0 Å². The van der Waals surface area contributed by atoms with E-state index in [0.29, 0.717) is 49.6 Å². The van der Waals surface area contributed by atoms with Gasteiger partial charge in [-0.2, -0.15) is 0 Å². The average molecular weight is 593 g/mol. The molecule has 2 saturated heterocycles. The first-order valence-electron chi connectivity index (χ1n) is 13.6. The van der Waals surface area contributed by atoms with Gasteiger partial charge in [-0.1, -0.05) is 11.3 Å². The maximum atomic E-state index is 13.6. The second-order valence-electron chi connectivity index (χ2n) is 11.9. The highest BCUT2D eigenvalue weighted by Gasteiger charge is 2.49. The zero-order valence-corrected chi connectivity index (χ0v) is 23.8. The van der Waals surface area contributed by atoms with Gasteiger partial charge in [0.15, 0.2) is 21.4 Å². The van der Waals surface area contributed by atoms with E-state index < -0.39 is 38.5 Å². The Morgan fingerprint density at radius 1 is 1.18 bits per heavy atom. The van der Waals surface area contributed by atoms with Gasteiger partial charge in [-0.25, -0.2) is 26.9 Å². The first-order chi connectivity index (χ1) is 19.0. The Hall–Kier alpha value is -2.55. The van der Waals surface area contributed by atoms with Gasteiger partial charge in [0.2, 0.25) is 10.0 Å². The van der Waals surface area contributed by atoms with Gasteiger partial charge in [0.05, 0.1) is 23.4 Å². The van der Waals surface area contributed by atoms with Gasteiger partial charge in [-0.05, 0) is 58.4 Å². The highest BCUT2D eigenvalue weighted by Crippen LogP contribution is 2.47. The number of fused-ring (bicyclic) bond motifs is 1. The van der Waals surface area contributed by atoms with Gasteiger partial charge in [0.25, 0.3) is 6.43 Å². The van der Waals surface area contributed by atoms with Crippen LogP contribution in [0.5, 0.6) is 0 Å². The highest BCUT2D eigenvalue weighted by molar-refractivity contribution is 7.89. The molecular weight excluding hydrogens is 562 g/mol. The summed E-state index contributed by atoms with van der Waals surface area (Å²) >= 11 is 0.798. The minimum atomic E-state index is -3.90. The van der Waals surface area contributed by atoms with Gasteiger partial charge >= 0.3 is 0 Å². The summed E-state index contributed by atoms with van der Waals surface area (Å²) < 4.78 is 64.2. The van der Waals surface area contributed by atoms with E-state index in [1.807, 2.05) is 6.92 Å². The van der Waals surface area contributed by atoms with Crippen molar-refractivity contribution in [1.29, 1.82) is 0 Å². The number of Topliss-reactive ketones (excluding diaryl/α,β-unsaturated/α-hetero) is 1. The number of nitrogens with zero attached hydrogens (tertiary/aromatic N) is 5. The molecule has 2 aliphatic carbocycles. The van der Waals surface area contributed by atoms with Crippen molar-refractivity contribution in [2.45, 2.75) is 81.3 Å². The van der Waals surface area contributed by atoms with Crippen LogP contribution in [0.25, 0.3) is 16.3 Å². The van der Waals surface area contributed by atoms with Crippen molar-refractivity contribution in [3.05, 3.63) is 23.0 Å². The van der Waals surface area contributed by atoms with E-state index in [1.165, 1.54) is 6.20 Å². The lowest BCUT2D eigenvalue weighted by molar-refractivity contribution is -0.128. The van der Waals surface area contributed by atoms with Crippen molar-refractivity contribution >= 4 is 38.5 Å². The molecular formula is C26H30F2N6O4S2. The number of ketones is 1. The molecule has 7 rings (SSSR count). The number of hydrogen-bond acceptors (Lipinski definition) is 9. The predicted molar refractivity (Wildman–Crippen MR) is 143 cm³/mol. The molecule has 40 heavy (non-hydrogen) atoms. The summed E-state index contributed by atoms with van der Waals surface area (Å²) in [4.78, 5) is 20.0. The van der Waals surface area contributed by atoms with E-state index in [1.54, 1.807) is 17.4 Å². The third-order valence-electron chi connectivity index (χ3n) is 8.75. The Kier molecular flexibility index (Phi) is 5.91. The van der Waals surface area contributed by atoms with Gasteiger partial charge in [0, 0.05) is 30.7 Å². The fraction of sp³-hybridized carbons (Fsp3) is 0.615. The topological polar surface area (TPSA) is 119 Å². The average Bonchev–Trinajstić information content (AvgIpc) is 3.77. The quantitative estimate of drug-likeness (QED) is 0.436. The summed E-state index contributed by atoms with van der Waals surface area (Å²) in [5.74, 6) is 0.269. The van der Waals surface area contributed by atoms with Crippen LogP contribution in [0, 0.1) is 5.41 Å². The Bertz CT molecular complexity index is 1620. The zero-order chi connectivity index (χ0) is 28.0. The van der Waals surface area contributed by atoms with Gasteiger partial charge in [0.1, 0.15) is 16.7 Å². The normalized spacial score (nSPS) is 24.1. The standard InChI is InChI=1S/C26H30F2N6O4S2/c1-14-20(35)26(13-38-14)7-9-33(10-8-26)17-11-16(40(36,37)32-25(2)5-6-25)12-34-19(18(15-3-4-15)29-22(17)34)23-30-31-24(39-23)21(27)28/h11-12,14-15,21,32H,3-10,13H2,1-2H3/t14-/m1/s1. The lowest BCUT2D eigenvalue weighted by Crippen LogP contribution is -2.45. The van der Waals surface area contributed by atoms with E-state index >= 15 is 0 Å². The van der Waals surface area contributed by atoms with E-state index in [2.05, 4.69) is 19.8 Å². The fourth-order valence-electron chi connectivity index (χ4n) is 5.87. The summed E-state index contributed by atoms with van der Waals surface area (Å²) in [5, 5.41) is 7.65. The van der Waals surface area contributed by atoms with Crippen LogP contribution in [0.4, 0.5) is 14.5 Å². The number of aromatic nitrogens is 4. The first-order valence-corrected chi connectivity index (χ1v) is 15.9. The summed E-state index contributed by atoms with van der Waals surface area (Å²) in [7, 11) is -3.90. The van der Waals surface area contributed by atoms with Crippen molar-refractivity contribution in [2.75, 3.05) is 24.6 Å². The van der Waals surface area contributed by atoms with Crippen molar-refractivity contribution in [1.82, 2.24) is 24.3 Å². The minimum Gasteiger partial charge on any atom is -0.370 e. The number of carbonyl (C=O) groups excluding carboxylic acids is 1. The first kappa shape index (κ1) is 26.4. The van der Waals surface area contributed by atoms with Crippen LogP contribution in [-0.4, -0.2) is 65.1 Å². The molecule has 214 valence electrons.